The maximum Gasteiger partial charge on any atom is 0.265 e. The number of rotatable bonds is 3. The van der Waals surface area contributed by atoms with Crippen molar-refractivity contribution in [2.24, 2.45) is 5.92 Å². The summed E-state index contributed by atoms with van der Waals surface area (Å²) >= 11 is 1.47. The molecule has 3 aliphatic heterocycles. The first-order valence-corrected chi connectivity index (χ1v) is 9.56. The fourth-order valence-electron chi connectivity index (χ4n) is 4.01. The summed E-state index contributed by atoms with van der Waals surface area (Å²) in [5.74, 6) is 0.762. The molecule has 4 heterocycles. The van der Waals surface area contributed by atoms with Gasteiger partial charge in [-0.25, -0.2) is 4.98 Å². The molecular formula is C19H23N3OS. The van der Waals surface area contributed by atoms with Crippen LogP contribution >= 0.6 is 11.3 Å². The fourth-order valence-corrected chi connectivity index (χ4v) is 4.78. The molecule has 0 radical (unpaired) electrons. The van der Waals surface area contributed by atoms with Crippen molar-refractivity contribution >= 4 is 17.2 Å². The van der Waals surface area contributed by atoms with Crippen molar-refractivity contribution in [1.82, 2.24) is 14.8 Å². The summed E-state index contributed by atoms with van der Waals surface area (Å²) in [5.41, 5.74) is 4.00. The molecule has 0 N–H and O–H groups in total. The molecule has 126 valence electrons. The predicted octanol–water partition coefficient (Wildman–Crippen LogP) is 3.19. The maximum absolute atomic E-state index is 12.9. The third-order valence-electron chi connectivity index (χ3n) is 5.28. The smallest absolute Gasteiger partial charge is 0.265 e. The first-order chi connectivity index (χ1) is 11.7. The molecule has 0 aliphatic carbocycles. The average molecular weight is 341 g/mol. The van der Waals surface area contributed by atoms with Crippen molar-refractivity contribution in [2.45, 2.75) is 32.4 Å². The van der Waals surface area contributed by atoms with E-state index in [9.17, 15) is 4.79 Å². The van der Waals surface area contributed by atoms with Crippen LogP contribution in [0.5, 0.6) is 0 Å². The van der Waals surface area contributed by atoms with Crippen molar-refractivity contribution in [3.8, 4) is 0 Å². The molecule has 3 saturated heterocycles. The number of aromatic nitrogens is 1. The first-order valence-electron chi connectivity index (χ1n) is 8.68. The summed E-state index contributed by atoms with van der Waals surface area (Å²) in [6.45, 7) is 5.75. The highest BCUT2D eigenvalue weighted by Crippen LogP contribution is 2.30. The second kappa shape index (κ2) is 6.65. The van der Waals surface area contributed by atoms with Crippen molar-refractivity contribution in [2.75, 3.05) is 19.6 Å². The number of piperidine rings is 1. The van der Waals surface area contributed by atoms with Crippen LogP contribution in [0, 0.1) is 12.8 Å². The van der Waals surface area contributed by atoms with Crippen molar-refractivity contribution < 1.29 is 4.79 Å². The van der Waals surface area contributed by atoms with E-state index in [0.29, 0.717) is 12.0 Å². The number of hydrogen-bond donors (Lipinski definition) is 0. The second-order valence-corrected chi connectivity index (χ2v) is 7.84. The van der Waals surface area contributed by atoms with Gasteiger partial charge in [0.05, 0.1) is 11.2 Å². The SMILES string of the molecule is Cc1ncsc1C(=O)N1C[C@H]2CC[C@@H](C1)N(Cc1ccccc1)C2. The van der Waals surface area contributed by atoms with Gasteiger partial charge in [-0.15, -0.1) is 11.3 Å². The van der Waals surface area contributed by atoms with E-state index < -0.39 is 0 Å². The molecule has 2 bridgehead atoms. The van der Waals surface area contributed by atoms with Crippen molar-refractivity contribution in [3.05, 3.63) is 52.0 Å². The number of benzene rings is 1. The summed E-state index contributed by atoms with van der Waals surface area (Å²) in [6.07, 6.45) is 2.43. The molecule has 2 aromatic rings. The van der Waals surface area contributed by atoms with E-state index in [0.717, 1.165) is 36.8 Å². The highest BCUT2D eigenvalue weighted by atomic mass is 32.1. The number of carbonyl (C=O) groups is 1. The number of amides is 1. The van der Waals surface area contributed by atoms with Gasteiger partial charge in [0, 0.05) is 32.2 Å². The topological polar surface area (TPSA) is 36.4 Å². The fraction of sp³-hybridized carbons (Fsp3) is 0.474. The molecule has 1 aromatic carbocycles. The van der Waals surface area contributed by atoms with Crippen LogP contribution in [0.3, 0.4) is 0 Å². The molecule has 5 heteroatoms. The van der Waals surface area contributed by atoms with Gasteiger partial charge in [0.1, 0.15) is 4.88 Å². The molecule has 4 nitrogen and oxygen atoms in total. The Hall–Kier alpha value is -1.72. The minimum Gasteiger partial charge on any atom is -0.336 e. The molecule has 0 spiro atoms. The molecule has 0 unspecified atom stereocenters. The molecule has 24 heavy (non-hydrogen) atoms. The third-order valence-corrected chi connectivity index (χ3v) is 6.20. The Bertz CT molecular complexity index is 714. The molecule has 3 aliphatic rings. The predicted molar refractivity (Wildman–Crippen MR) is 96.1 cm³/mol. The zero-order valence-electron chi connectivity index (χ0n) is 14.0. The Balaban J connectivity index is 1.50. The molecule has 5 rings (SSSR count). The minimum absolute atomic E-state index is 0.175. The van der Waals surface area contributed by atoms with Gasteiger partial charge in [-0.05, 0) is 31.2 Å². The summed E-state index contributed by atoms with van der Waals surface area (Å²) in [7, 11) is 0. The standard InChI is InChI=1S/C19H23N3OS/c1-14-18(24-13-20-14)19(23)22-11-16-7-8-17(12-22)21(10-16)9-15-5-3-2-4-6-15/h2-6,13,16-17H,7-12H2,1H3/t16-,17-/m0/s1. The summed E-state index contributed by atoms with van der Waals surface area (Å²) in [5, 5.41) is 0. The summed E-state index contributed by atoms with van der Waals surface area (Å²) < 4.78 is 0. The lowest BCUT2D eigenvalue weighted by atomic mass is 9.94. The van der Waals surface area contributed by atoms with E-state index in [1.165, 1.54) is 29.7 Å². The van der Waals surface area contributed by atoms with Gasteiger partial charge >= 0.3 is 0 Å². The molecule has 0 saturated carbocycles. The van der Waals surface area contributed by atoms with Crippen molar-refractivity contribution in [1.29, 1.82) is 0 Å². The van der Waals surface area contributed by atoms with Gasteiger partial charge in [0.2, 0.25) is 0 Å². The molecule has 1 aromatic heterocycles. The Labute approximate surface area is 147 Å². The van der Waals surface area contributed by atoms with Gasteiger partial charge in [-0.2, -0.15) is 0 Å². The Morgan fingerprint density at radius 2 is 2.04 bits per heavy atom. The Morgan fingerprint density at radius 1 is 1.21 bits per heavy atom. The van der Waals surface area contributed by atoms with E-state index in [4.69, 9.17) is 0 Å². The zero-order valence-corrected chi connectivity index (χ0v) is 14.8. The largest absolute Gasteiger partial charge is 0.336 e. The number of thiazole rings is 1. The third kappa shape index (κ3) is 3.10. The van der Waals surface area contributed by atoms with Gasteiger partial charge in [-0.1, -0.05) is 30.3 Å². The number of hydrogen-bond acceptors (Lipinski definition) is 4. The van der Waals surface area contributed by atoms with Gasteiger partial charge in [0.15, 0.2) is 0 Å². The van der Waals surface area contributed by atoms with Crippen LogP contribution in [0.2, 0.25) is 0 Å². The average Bonchev–Trinajstić information content (AvgIpc) is 2.82. The second-order valence-electron chi connectivity index (χ2n) is 6.99. The van der Waals surface area contributed by atoms with E-state index in [1.807, 2.05) is 6.92 Å². The summed E-state index contributed by atoms with van der Waals surface area (Å²) in [4.78, 5) is 22.6. The lowest BCUT2D eigenvalue weighted by Gasteiger charge is -2.36. The zero-order chi connectivity index (χ0) is 16.5. The molecule has 3 fully saturated rings. The van der Waals surface area contributed by atoms with E-state index in [1.54, 1.807) is 5.51 Å². The van der Waals surface area contributed by atoms with E-state index in [-0.39, 0.29) is 5.91 Å². The molecule has 1 amide bonds. The van der Waals surface area contributed by atoms with Gasteiger partial charge < -0.3 is 4.90 Å². The maximum atomic E-state index is 12.9. The molecule has 2 atom stereocenters. The van der Waals surface area contributed by atoms with E-state index in [2.05, 4.69) is 45.1 Å². The monoisotopic (exact) mass is 341 g/mol. The highest BCUT2D eigenvalue weighted by Gasteiger charge is 2.37. The van der Waals surface area contributed by atoms with Crippen LogP contribution in [0.25, 0.3) is 0 Å². The highest BCUT2D eigenvalue weighted by molar-refractivity contribution is 7.11. The lowest BCUT2D eigenvalue weighted by molar-refractivity contribution is 0.0740. The number of fused-ring (bicyclic) bond motifs is 4. The van der Waals surface area contributed by atoms with Crippen LogP contribution in [0.15, 0.2) is 35.8 Å². The summed E-state index contributed by atoms with van der Waals surface area (Å²) in [6, 6.07) is 11.1. The lowest BCUT2D eigenvalue weighted by Crippen LogP contribution is -2.43. The van der Waals surface area contributed by atoms with Crippen LogP contribution in [-0.2, 0) is 6.54 Å². The van der Waals surface area contributed by atoms with Crippen LogP contribution in [-0.4, -0.2) is 46.4 Å². The molecular weight excluding hydrogens is 318 g/mol. The minimum atomic E-state index is 0.175. The Kier molecular flexibility index (Phi) is 4.37. The Morgan fingerprint density at radius 3 is 2.79 bits per heavy atom. The number of carbonyl (C=O) groups excluding carboxylic acids is 1. The number of nitrogens with zero attached hydrogens (tertiary/aromatic N) is 3. The van der Waals surface area contributed by atoms with Gasteiger partial charge in [0.25, 0.3) is 5.91 Å². The van der Waals surface area contributed by atoms with Gasteiger partial charge in [-0.3, -0.25) is 9.69 Å². The number of aryl methyl sites for hydroxylation is 1. The van der Waals surface area contributed by atoms with Crippen LogP contribution < -0.4 is 0 Å². The van der Waals surface area contributed by atoms with Crippen LogP contribution in [0.4, 0.5) is 0 Å². The first kappa shape index (κ1) is 15.8. The van der Waals surface area contributed by atoms with Crippen LogP contribution in [0.1, 0.15) is 33.8 Å². The normalized spacial score (nSPS) is 24.1. The quantitative estimate of drug-likeness (QED) is 0.860. The van der Waals surface area contributed by atoms with Crippen molar-refractivity contribution in [3.63, 3.8) is 0 Å². The van der Waals surface area contributed by atoms with E-state index >= 15 is 0 Å².